The zero-order valence-electron chi connectivity index (χ0n) is 7.44. The van der Waals surface area contributed by atoms with Crippen LogP contribution in [0.1, 0.15) is 6.92 Å². The molecule has 0 aliphatic heterocycles. The molecule has 0 saturated carbocycles. The number of rotatable bonds is 3. The van der Waals surface area contributed by atoms with E-state index in [9.17, 15) is 9.00 Å². The number of hydrogen-bond donors (Lipinski definition) is 1. The predicted molar refractivity (Wildman–Crippen MR) is 57.6 cm³/mol. The highest BCUT2D eigenvalue weighted by molar-refractivity contribution is 9.10. The van der Waals surface area contributed by atoms with Crippen molar-refractivity contribution in [3.63, 3.8) is 0 Å². The highest BCUT2D eigenvalue weighted by atomic mass is 79.9. The van der Waals surface area contributed by atoms with Crippen molar-refractivity contribution in [3.8, 4) is 0 Å². The van der Waals surface area contributed by atoms with Gasteiger partial charge in [-0.15, -0.1) is 0 Å². The zero-order valence-corrected chi connectivity index (χ0v) is 9.84. The molecule has 1 rings (SSSR count). The zero-order chi connectivity index (χ0) is 10.7. The van der Waals surface area contributed by atoms with Gasteiger partial charge in [-0.1, -0.05) is 15.9 Å². The van der Waals surface area contributed by atoms with Crippen LogP contribution in [0.2, 0.25) is 0 Å². The molecule has 2 atom stereocenters. The van der Waals surface area contributed by atoms with Crippen LogP contribution >= 0.6 is 15.9 Å². The van der Waals surface area contributed by atoms with Gasteiger partial charge in [0.25, 0.3) is 0 Å². The van der Waals surface area contributed by atoms with E-state index in [2.05, 4.69) is 15.9 Å². The Bertz CT molecular complexity index is 361. The maximum absolute atomic E-state index is 11.6. The van der Waals surface area contributed by atoms with E-state index in [4.69, 9.17) is 5.11 Å². The number of benzene rings is 1. The summed E-state index contributed by atoms with van der Waals surface area (Å²) in [6.45, 7) is 1.43. The summed E-state index contributed by atoms with van der Waals surface area (Å²) in [5, 5.41) is 7.79. The SMILES string of the molecule is CC(C(=O)O)S(=O)c1ccc(Br)cc1. The molecule has 0 fully saturated rings. The van der Waals surface area contributed by atoms with E-state index in [0.29, 0.717) is 4.90 Å². The van der Waals surface area contributed by atoms with Crippen LogP contribution < -0.4 is 0 Å². The topological polar surface area (TPSA) is 54.4 Å². The lowest BCUT2D eigenvalue weighted by Gasteiger charge is -2.05. The van der Waals surface area contributed by atoms with Crippen molar-refractivity contribution in [1.82, 2.24) is 0 Å². The van der Waals surface area contributed by atoms with E-state index < -0.39 is 22.0 Å². The van der Waals surface area contributed by atoms with Crippen LogP contribution in [-0.4, -0.2) is 20.5 Å². The molecule has 5 heteroatoms. The van der Waals surface area contributed by atoms with Crippen molar-refractivity contribution in [1.29, 1.82) is 0 Å². The fraction of sp³-hybridized carbons (Fsp3) is 0.222. The molecule has 0 amide bonds. The number of carboxylic acid groups (broad SMARTS) is 1. The van der Waals surface area contributed by atoms with Crippen LogP contribution in [-0.2, 0) is 15.6 Å². The smallest absolute Gasteiger partial charge is 0.319 e. The van der Waals surface area contributed by atoms with Crippen molar-refractivity contribution in [2.24, 2.45) is 0 Å². The lowest BCUT2D eigenvalue weighted by Crippen LogP contribution is -2.21. The minimum absolute atomic E-state index is 0.531. The Morgan fingerprint density at radius 3 is 2.36 bits per heavy atom. The summed E-state index contributed by atoms with van der Waals surface area (Å²) in [5.74, 6) is -1.05. The minimum Gasteiger partial charge on any atom is -0.480 e. The molecule has 0 radical (unpaired) electrons. The van der Waals surface area contributed by atoms with Gasteiger partial charge < -0.3 is 5.11 Å². The summed E-state index contributed by atoms with van der Waals surface area (Å²) < 4.78 is 12.5. The Hall–Kier alpha value is -0.680. The third-order valence-corrected chi connectivity index (χ3v) is 3.82. The van der Waals surface area contributed by atoms with E-state index in [0.717, 1.165) is 4.47 Å². The van der Waals surface area contributed by atoms with Gasteiger partial charge in [0.1, 0.15) is 5.25 Å². The van der Waals surface area contributed by atoms with E-state index >= 15 is 0 Å². The first kappa shape index (κ1) is 11.4. The van der Waals surface area contributed by atoms with E-state index in [1.165, 1.54) is 6.92 Å². The molecule has 0 aliphatic carbocycles. The van der Waals surface area contributed by atoms with Crippen LogP contribution in [0.5, 0.6) is 0 Å². The second kappa shape index (κ2) is 4.70. The molecular weight excluding hydrogens is 268 g/mol. The van der Waals surface area contributed by atoms with Gasteiger partial charge in [0.15, 0.2) is 0 Å². The normalized spacial score (nSPS) is 14.7. The molecule has 14 heavy (non-hydrogen) atoms. The molecule has 1 N–H and O–H groups in total. The maximum Gasteiger partial charge on any atom is 0.319 e. The Kier molecular flexibility index (Phi) is 3.83. The fourth-order valence-corrected chi connectivity index (χ4v) is 2.12. The summed E-state index contributed by atoms with van der Waals surface area (Å²) in [4.78, 5) is 11.1. The molecule has 0 saturated heterocycles. The van der Waals surface area contributed by atoms with Gasteiger partial charge in [-0.3, -0.25) is 9.00 Å². The van der Waals surface area contributed by atoms with Crippen LogP contribution in [0.4, 0.5) is 0 Å². The Labute approximate surface area is 92.7 Å². The van der Waals surface area contributed by atoms with Crippen LogP contribution in [0.15, 0.2) is 33.6 Å². The molecular formula is C9H9BrO3S. The molecule has 0 bridgehead atoms. The molecule has 2 unspecified atom stereocenters. The first-order valence-electron chi connectivity index (χ1n) is 3.91. The highest BCUT2D eigenvalue weighted by Crippen LogP contribution is 2.15. The second-order valence-corrected chi connectivity index (χ2v) is 5.42. The lowest BCUT2D eigenvalue weighted by molar-refractivity contribution is -0.136. The van der Waals surface area contributed by atoms with E-state index in [1.54, 1.807) is 24.3 Å². The van der Waals surface area contributed by atoms with Gasteiger partial charge in [0.05, 0.1) is 10.8 Å². The monoisotopic (exact) mass is 276 g/mol. The second-order valence-electron chi connectivity index (χ2n) is 2.73. The molecule has 1 aromatic rings. The quantitative estimate of drug-likeness (QED) is 0.919. The Morgan fingerprint density at radius 2 is 1.93 bits per heavy atom. The molecule has 0 heterocycles. The number of hydrogen-bond acceptors (Lipinski definition) is 2. The highest BCUT2D eigenvalue weighted by Gasteiger charge is 2.19. The van der Waals surface area contributed by atoms with Crippen molar-refractivity contribution in [2.75, 3.05) is 0 Å². The van der Waals surface area contributed by atoms with Crippen molar-refractivity contribution < 1.29 is 14.1 Å². The third kappa shape index (κ3) is 2.65. The van der Waals surface area contributed by atoms with Crippen molar-refractivity contribution >= 4 is 32.7 Å². The van der Waals surface area contributed by atoms with Gasteiger partial charge in [0.2, 0.25) is 0 Å². The fourth-order valence-electron chi connectivity index (χ4n) is 0.864. The molecule has 0 aromatic heterocycles. The number of carbonyl (C=O) groups is 1. The summed E-state index contributed by atoms with van der Waals surface area (Å²) in [5.41, 5.74) is 0. The van der Waals surface area contributed by atoms with E-state index in [1.807, 2.05) is 0 Å². The average Bonchev–Trinajstić information content (AvgIpc) is 2.16. The summed E-state index contributed by atoms with van der Waals surface area (Å²) in [6, 6.07) is 6.78. The van der Waals surface area contributed by atoms with Crippen molar-refractivity contribution in [3.05, 3.63) is 28.7 Å². The minimum atomic E-state index is -1.49. The van der Waals surface area contributed by atoms with Crippen LogP contribution in [0, 0.1) is 0 Å². The number of aliphatic carboxylic acids is 1. The molecule has 3 nitrogen and oxygen atoms in total. The van der Waals surface area contributed by atoms with Crippen LogP contribution in [0.3, 0.4) is 0 Å². The lowest BCUT2D eigenvalue weighted by atomic mass is 10.4. The molecule has 0 aliphatic rings. The third-order valence-electron chi connectivity index (χ3n) is 1.71. The first-order chi connectivity index (χ1) is 6.52. The van der Waals surface area contributed by atoms with Gasteiger partial charge >= 0.3 is 5.97 Å². The molecule has 76 valence electrons. The summed E-state index contributed by atoms with van der Waals surface area (Å²) >= 11 is 3.25. The first-order valence-corrected chi connectivity index (χ1v) is 5.92. The van der Waals surface area contributed by atoms with Crippen LogP contribution in [0.25, 0.3) is 0 Å². The largest absolute Gasteiger partial charge is 0.480 e. The van der Waals surface area contributed by atoms with Gasteiger partial charge in [-0.2, -0.15) is 0 Å². The number of carboxylic acids is 1. The Morgan fingerprint density at radius 1 is 1.43 bits per heavy atom. The molecule has 1 aromatic carbocycles. The standard InChI is InChI=1S/C9H9BrO3S/c1-6(9(11)12)14(13)8-4-2-7(10)3-5-8/h2-6H,1H3,(H,11,12). The number of halogens is 1. The van der Waals surface area contributed by atoms with Crippen molar-refractivity contribution in [2.45, 2.75) is 17.1 Å². The van der Waals surface area contributed by atoms with E-state index in [-0.39, 0.29) is 0 Å². The van der Waals surface area contributed by atoms with Gasteiger partial charge in [0, 0.05) is 9.37 Å². The summed E-state index contributed by atoms with van der Waals surface area (Å²) in [7, 11) is -1.49. The van der Waals surface area contributed by atoms with Gasteiger partial charge in [-0.25, -0.2) is 0 Å². The Balaban J connectivity index is 2.90. The maximum atomic E-state index is 11.6. The predicted octanol–water partition coefficient (Wildman–Crippen LogP) is 2.03. The average molecular weight is 277 g/mol. The van der Waals surface area contributed by atoms with Gasteiger partial charge in [-0.05, 0) is 31.2 Å². The summed E-state index contributed by atoms with van der Waals surface area (Å²) in [6.07, 6.45) is 0. The molecule has 0 spiro atoms.